The topological polar surface area (TPSA) is 26.0 Å². The second kappa shape index (κ2) is 11.5. The predicted molar refractivity (Wildman–Crippen MR) is 221 cm³/mol. The highest BCUT2D eigenvalue weighted by Crippen LogP contribution is 2.46. The summed E-state index contributed by atoms with van der Waals surface area (Å²) in [7, 11) is 0. The molecule has 0 aliphatic carbocycles. The van der Waals surface area contributed by atoms with Crippen LogP contribution in [0.25, 0.3) is 108 Å². The van der Waals surface area contributed by atoms with Crippen molar-refractivity contribution in [2.45, 2.75) is 0 Å². The first-order chi connectivity index (χ1) is 25.8. The van der Waals surface area contributed by atoms with Crippen LogP contribution in [0.2, 0.25) is 0 Å². The maximum Gasteiger partial charge on any atom is 0.136 e. The van der Waals surface area contributed by atoms with Crippen LogP contribution in [0.1, 0.15) is 0 Å². The van der Waals surface area contributed by atoms with Crippen molar-refractivity contribution in [3.63, 3.8) is 0 Å². The fourth-order valence-electron chi connectivity index (χ4n) is 8.09. The third kappa shape index (κ3) is 4.46. The zero-order valence-electron chi connectivity index (χ0n) is 28.0. The maximum absolute atomic E-state index is 6.57. The molecule has 0 atom stereocenters. The van der Waals surface area contributed by atoms with E-state index in [0.29, 0.717) is 0 Å². The lowest BCUT2D eigenvalue weighted by Gasteiger charge is -2.16. The van der Waals surface area contributed by atoms with E-state index in [4.69, 9.17) is 9.40 Å². The fraction of sp³-hybridized carbons (Fsp3) is 0. The summed E-state index contributed by atoms with van der Waals surface area (Å²) in [5, 5.41) is 8.30. The second-order valence-electron chi connectivity index (χ2n) is 13.4. The van der Waals surface area contributed by atoms with E-state index in [9.17, 15) is 0 Å². The van der Waals surface area contributed by atoms with Gasteiger partial charge in [-0.3, -0.25) is 0 Å². The van der Waals surface area contributed by atoms with E-state index in [1.165, 1.54) is 53.4 Å². The van der Waals surface area contributed by atoms with Gasteiger partial charge in [-0.2, -0.15) is 0 Å². The number of pyridine rings is 1. The summed E-state index contributed by atoms with van der Waals surface area (Å²) in [6.07, 6.45) is 0. The standard InChI is InChI=1S/C49H29NOS/c1-2-12-31(13-3-1)45-46-38-17-4-7-21-41(38)50-48(40(46)29-43-47(45)39-18-5-8-22-42(39)51-43)32-26-24-30(25-27-32)33-14-10-15-34(28-33)35-19-11-20-37-36-16-6-9-23-44(36)52-49(35)37/h1-29H. The van der Waals surface area contributed by atoms with Gasteiger partial charge in [0.05, 0.1) is 11.2 Å². The first-order valence-corrected chi connectivity index (χ1v) is 18.4. The number of nitrogens with zero attached hydrogens (tertiary/aromatic N) is 1. The van der Waals surface area contributed by atoms with Crippen molar-refractivity contribution in [1.82, 2.24) is 4.98 Å². The van der Waals surface area contributed by atoms with Crippen LogP contribution in [0.15, 0.2) is 180 Å². The lowest BCUT2D eigenvalue weighted by atomic mass is 9.89. The van der Waals surface area contributed by atoms with Crippen molar-refractivity contribution in [3.05, 3.63) is 176 Å². The summed E-state index contributed by atoms with van der Waals surface area (Å²) < 4.78 is 9.22. The summed E-state index contributed by atoms with van der Waals surface area (Å²) in [6.45, 7) is 0. The molecular formula is C49H29NOS. The van der Waals surface area contributed by atoms with E-state index >= 15 is 0 Å². The maximum atomic E-state index is 6.57. The van der Waals surface area contributed by atoms with Gasteiger partial charge in [0.1, 0.15) is 11.2 Å². The molecule has 0 radical (unpaired) electrons. The van der Waals surface area contributed by atoms with Gasteiger partial charge in [-0.05, 0) is 58.1 Å². The average Bonchev–Trinajstić information content (AvgIpc) is 3.78. The molecule has 0 bridgehead atoms. The molecular weight excluding hydrogens is 651 g/mol. The number of furan rings is 1. The number of benzene rings is 8. The molecule has 0 aliphatic rings. The van der Waals surface area contributed by atoms with Crippen molar-refractivity contribution in [3.8, 4) is 44.6 Å². The van der Waals surface area contributed by atoms with Gasteiger partial charge in [-0.15, -0.1) is 11.3 Å². The molecule has 3 aromatic heterocycles. The van der Waals surface area contributed by atoms with Crippen molar-refractivity contribution in [2.24, 2.45) is 0 Å². The molecule has 242 valence electrons. The number of hydrogen-bond donors (Lipinski definition) is 0. The van der Waals surface area contributed by atoms with Crippen LogP contribution in [0.4, 0.5) is 0 Å². The van der Waals surface area contributed by atoms with E-state index in [1.807, 2.05) is 17.4 Å². The first kappa shape index (κ1) is 29.2. The Hall–Kier alpha value is -6.55. The van der Waals surface area contributed by atoms with Crippen LogP contribution in [0.3, 0.4) is 0 Å². The molecule has 0 saturated carbocycles. The Morgan fingerprint density at radius 1 is 0.404 bits per heavy atom. The Morgan fingerprint density at radius 3 is 1.96 bits per heavy atom. The van der Waals surface area contributed by atoms with Crippen LogP contribution < -0.4 is 0 Å². The van der Waals surface area contributed by atoms with E-state index in [2.05, 4.69) is 170 Å². The lowest BCUT2D eigenvalue weighted by molar-refractivity contribution is 0.669. The summed E-state index contributed by atoms with van der Waals surface area (Å²) in [4.78, 5) is 5.33. The molecule has 0 N–H and O–H groups in total. The number of thiophene rings is 1. The lowest BCUT2D eigenvalue weighted by Crippen LogP contribution is -1.93. The molecule has 11 aromatic rings. The molecule has 8 aromatic carbocycles. The van der Waals surface area contributed by atoms with Crippen molar-refractivity contribution in [2.75, 3.05) is 0 Å². The molecule has 3 heteroatoms. The number of aromatic nitrogens is 1. The molecule has 0 amide bonds. The third-order valence-corrected chi connectivity index (χ3v) is 11.7. The summed E-state index contributed by atoms with van der Waals surface area (Å²) >= 11 is 1.87. The van der Waals surface area contributed by atoms with Crippen molar-refractivity contribution < 1.29 is 4.42 Å². The summed E-state index contributed by atoms with van der Waals surface area (Å²) in [6, 6.07) is 63.0. The molecule has 0 fully saturated rings. The Labute approximate surface area is 303 Å². The molecule has 52 heavy (non-hydrogen) atoms. The monoisotopic (exact) mass is 679 g/mol. The minimum atomic E-state index is 0.868. The van der Waals surface area contributed by atoms with E-state index < -0.39 is 0 Å². The SMILES string of the molecule is c1ccc(-c2c3c(cc4c(-c5ccc(-c6cccc(-c7cccc8c7sc7ccccc78)c6)cc5)nc5ccccc5c24)oc2ccccc23)cc1. The van der Waals surface area contributed by atoms with E-state index in [1.54, 1.807) is 0 Å². The van der Waals surface area contributed by atoms with Crippen molar-refractivity contribution >= 4 is 75.1 Å². The largest absolute Gasteiger partial charge is 0.456 e. The van der Waals surface area contributed by atoms with Gasteiger partial charge < -0.3 is 4.42 Å². The minimum Gasteiger partial charge on any atom is -0.456 e. The molecule has 0 saturated heterocycles. The Kier molecular flexibility index (Phi) is 6.46. The molecule has 2 nitrogen and oxygen atoms in total. The van der Waals surface area contributed by atoms with Gasteiger partial charge in [0.2, 0.25) is 0 Å². The number of rotatable bonds is 4. The number of fused-ring (bicyclic) bond motifs is 9. The van der Waals surface area contributed by atoms with Gasteiger partial charge in [-0.1, -0.05) is 146 Å². The average molecular weight is 680 g/mol. The normalized spacial score (nSPS) is 11.8. The highest BCUT2D eigenvalue weighted by Gasteiger charge is 2.21. The molecule has 3 heterocycles. The molecule has 11 rings (SSSR count). The molecule has 0 aliphatic heterocycles. The molecule has 0 spiro atoms. The van der Waals surface area contributed by atoms with Crippen LogP contribution in [-0.4, -0.2) is 4.98 Å². The Morgan fingerprint density at radius 2 is 1.08 bits per heavy atom. The van der Waals surface area contributed by atoms with Gasteiger partial charge in [-0.25, -0.2) is 4.98 Å². The van der Waals surface area contributed by atoms with E-state index in [-0.39, 0.29) is 0 Å². The van der Waals surface area contributed by atoms with E-state index in [0.717, 1.165) is 55.0 Å². The zero-order valence-corrected chi connectivity index (χ0v) is 28.8. The highest BCUT2D eigenvalue weighted by molar-refractivity contribution is 7.26. The van der Waals surface area contributed by atoms with Crippen molar-refractivity contribution in [1.29, 1.82) is 0 Å². The summed E-state index contributed by atoms with van der Waals surface area (Å²) in [5.41, 5.74) is 11.9. The second-order valence-corrected chi connectivity index (χ2v) is 14.5. The predicted octanol–water partition coefficient (Wildman–Crippen LogP) is 14.3. The quantitative estimate of drug-likeness (QED) is 0.173. The van der Waals surface area contributed by atoms with Crippen LogP contribution in [0, 0.1) is 0 Å². The Balaban J connectivity index is 1.09. The van der Waals surface area contributed by atoms with Gasteiger partial charge in [0.25, 0.3) is 0 Å². The fourth-order valence-corrected chi connectivity index (χ4v) is 9.33. The van der Waals surface area contributed by atoms with Crippen LogP contribution >= 0.6 is 11.3 Å². The zero-order chi connectivity index (χ0) is 34.2. The Bertz CT molecular complexity index is 3170. The van der Waals surface area contributed by atoms with Gasteiger partial charge in [0.15, 0.2) is 0 Å². The third-order valence-electron chi connectivity index (χ3n) is 10.5. The minimum absolute atomic E-state index is 0.868. The van der Waals surface area contributed by atoms with Gasteiger partial charge in [0, 0.05) is 58.2 Å². The van der Waals surface area contributed by atoms with Gasteiger partial charge >= 0.3 is 0 Å². The number of hydrogen-bond acceptors (Lipinski definition) is 3. The number of para-hydroxylation sites is 2. The highest BCUT2D eigenvalue weighted by atomic mass is 32.1. The smallest absolute Gasteiger partial charge is 0.136 e. The summed E-state index contributed by atoms with van der Waals surface area (Å²) in [5.74, 6) is 0. The van der Waals surface area contributed by atoms with Crippen LogP contribution in [-0.2, 0) is 0 Å². The van der Waals surface area contributed by atoms with Crippen LogP contribution in [0.5, 0.6) is 0 Å². The first-order valence-electron chi connectivity index (χ1n) is 17.6. The molecule has 0 unspecified atom stereocenters.